The fourth-order valence-corrected chi connectivity index (χ4v) is 3.09. The van der Waals surface area contributed by atoms with E-state index < -0.39 is 0 Å². The smallest absolute Gasteiger partial charge is 0.238 e. The van der Waals surface area contributed by atoms with Gasteiger partial charge in [0.25, 0.3) is 0 Å². The molecule has 3 rings (SSSR count). The molecule has 20 heavy (non-hydrogen) atoms. The molecule has 1 fully saturated rings. The molecule has 1 saturated carbocycles. The summed E-state index contributed by atoms with van der Waals surface area (Å²) in [5, 5.41) is 7.85. The van der Waals surface area contributed by atoms with E-state index in [-0.39, 0.29) is 5.38 Å². The van der Waals surface area contributed by atoms with Gasteiger partial charge in [-0.25, -0.2) is 0 Å². The van der Waals surface area contributed by atoms with Gasteiger partial charge in [0.05, 0.1) is 0 Å². The number of aryl methyl sites for hydroxylation is 1. The highest BCUT2D eigenvalue weighted by atomic mass is 35.5. The summed E-state index contributed by atoms with van der Waals surface area (Å²) in [4.78, 5) is 0. The normalized spacial score (nSPS) is 17.4. The van der Waals surface area contributed by atoms with Gasteiger partial charge in [-0.2, -0.15) is 0 Å². The molecule has 0 aliphatic heterocycles. The Hall–Kier alpha value is -1.35. The van der Waals surface area contributed by atoms with Crippen LogP contribution in [0.25, 0.3) is 0 Å². The number of nitrogens with zero attached hydrogens (tertiary/aromatic N) is 2. The van der Waals surface area contributed by atoms with Crippen molar-refractivity contribution in [1.82, 2.24) is 10.2 Å². The lowest BCUT2D eigenvalue weighted by Crippen LogP contribution is -1.96. The highest BCUT2D eigenvalue weighted by molar-refractivity contribution is 6.22. The number of hydrogen-bond donors (Lipinski definition) is 0. The topological polar surface area (TPSA) is 38.9 Å². The van der Waals surface area contributed by atoms with Gasteiger partial charge >= 0.3 is 0 Å². The van der Waals surface area contributed by atoms with E-state index in [0.717, 1.165) is 24.3 Å². The Morgan fingerprint density at radius 1 is 1.15 bits per heavy atom. The van der Waals surface area contributed by atoms with Crippen LogP contribution >= 0.6 is 11.6 Å². The number of rotatable bonds is 5. The first-order chi connectivity index (χ1) is 9.83. The molecule has 1 unspecified atom stereocenters. The van der Waals surface area contributed by atoms with Crippen LogP contribution in [-0.2, 0) is 6.42 Å². The molecule has 106 valence electrons. The van der Waals surface area contributed by atoms with Crippen LogP contribution in [0.2, 0.25) is 0 Å². The summed E-state index contributed by atoms with van der Waals surface area (Å²) in [6.07, 6.45) is 7.47. The lowest BCUT2D eigenvalue weighted by molar-refractivity contribution is 0.418. The van der Waals surface area contributed by atoms with Gasteiger partial charge in [-0.1, -0.05) is 56.0 Å². The minimum absolute atomic E-state index is 0.357. The van der Waals surface area contributed by atoms with E-state index in [0.29, 0.717) is 11.8 Å². The molecule has 1 aliphatic carbocycles. The maximum atomic E-state index is 6.38. The summed E-state index contributed by atoms with van der Waals surface area (Å²) in [5.41, 5.74) is 0.986. The molecule has 1 aromatic heterocycles. The summed E-state index contributed by atoms with van der Waals surface area (Å²) in [7, 11) is 0. The van der Waals surface area contributed by atoms with Crippen LogP contribution in [0.5, 0.6) is 0 Å². The maximum absolute atomic E-state index is 6.38. The Morgan fingerprint density at radius 3 is 2.65 bits per heavy atom. The van der Waals surface area contributed by atoms with Crippen LogP contribution in [0.3, 0.4) is 0 Å². The van der Waals surface area contributed by atoms with Crippen molar-refractivity contribution in [3.63, 3.8) is 0 Å². The Labute approximate surface area is 124 Å². The minimum Gasteiger partial charge on any atom is -0.423 e. The fraction of sp³-hybridized carbons (Fsp3) is 0.500. The second-order valence-electron chi connectivity index (χ2n) is 5.50. The quantitative estimate of drug-likeness (QED) is 0.760. The van der Waals surface area contributed by atoms with E-state index in [9.17, 15) is 0 Å². The molecule has 0 radical (unpaired) electrons. The zero-order chi connectivity index (χ0) is 13.8. The SMILES string of the molecule is ClC(c1ccccc1)c1nnc(CCC2CCCC2)o1. The zero-order valence-corrected chi connectivity index (χ0v) is 12.2. The van der Waals surface area contributed by atoms with Crippen molar-refractivity contribution in [1.29, 1.82) is 0 Å². The maximum Gasteiger partial charge on any atom is 0.238 e. The molecule has 1 aromatic carbocycles. The minimum atomic E-state index is -0.357. The monoisotopic (exact) mass is 290 g/mol. The van der Waals surface area contributed by atoms with Crippen LogP contribution in [-0.4, -0.2) is 10.2 Å². The van der Waals surface area contributed by atoms with Crippen LogP contribution in [0, 0.1) is 5.92 Å². The summed E-state index contributed by atoms with van der Waals surface area (Å²) in [5.74, 6) is 2.05. The highest BCUT2D eigenvalue weighted by Crippen LogP contribution is 2.30. The number of hydrogen-bond acceptors (Lipinski definition) is 3. The molecule has 0 bridgehead atoms. The van der Waals surface area contributed by atoms with Crippen molar-refractivity contribution < 1.29 is 4.42 Å². The molecule has 1 aliphatic rings. The number of halogens is 1. The number of aromatic nitrogens is 2. The van der Waals surface area contributed by atoms with Crippen LogP contribution < -0.4 is 0 Å². The van der Waals surface area contributed by atoms with Gasteiger partial charge in [0.15, 0.2) is 0 Å². The summed E-state index contributed by atoms with van der Waals surface area (Å²) >= 11 is 6.38. The largest absolute Gasteiger partial charge is 0.423 e. The van der Waals surface area contributed by atoms with Crippen molar-refractivity contribution in [3.8, 4) is 0 Å². The molecule has 3 nitrogen and oxygen atoms in total. The molecule has 0 spiro atoms. The fourth-order valence-electron chi connectivity index (χ4n) is 2.86. The van der Waals surface area contributed by atoms with Crippen LogP contribution in [0.4, 0.5) is 0 Å². The second-order valence-corrected chi connectivity index (χ2v) is 5.93. The van der Waals surface area contributed by atoms with Gasteiger partial charge in [-0.3, -0.25) is 0 Å². The summed E-state index contributed by atoms with van der Waals surface area (Å²) in [6.45, 7) is 0. The van der Waals surface area contributed by atoms with Gasteiger partial charge in [-0.05, 0) is 17.9 Å². The van der Waals surface area contributed by atoms with Gasteiger partial charge in [0, 0.05) is 6.42 Å². The Bertz CT molecular complexity index is 534. The van der Waals surface area contributed by atoms with E-state index in [1.165, 1.54) is 25.7 Å². The van der Waals surface area contributed by atoms with Gasteiger partial charge in [0.2, 0.25) is 11.8 Å². The Kier molecular flexibility index (Phi) is 4.36. The molecule has 0 saturated heterocycles. The molecule has 0 N–H and O–H groups in total. The number of alkyl halides is 1. The number of benzene rings is 1. The van der Waals surface area contributed by atoms with E-state index in [1.807, 2.05) is 30.3 Å². The molecule has 2 aromatic rings. The summed E-state index contributed by atoms with van der Waals surface area (Å²) in [6, 6.07) is 9.83. The van der Waals surface area contributed by atoms with Crippen molar-refractivity contribution in [2.75, 3.05) is 0 Å². The predicted molar refractivity (Wildman–Crippen MR) is 78.7 cm³/mol. The average Bonchev–Trinajstić information content (AvgIpc) is 3.17. The Balaban J connectivity index is 1.61. The third-order valence-corrected chi connectivity index (χ3v) is 4.47. The van der Waals surface area contributed by atoms with Crippen molar-refractivity contribution in [2.24, 2.45) is 5.92 Å². The zero-order valence-electron chi connectivity index (χ0n) is 11.5. The lowest BCUT2D eigenvalue weighted by atomic mass is 10.0. The lowest BCUT2D eigenvalue weighted by Gasteiger charge is -2.06. The molecule has 1 atom stereocenters. The van der Waals surface area contributed by atoms with Gasteiger partial charge < -0.3 is 4.42 Å². The van der Waals surface area contributed by atoms with E-state index in [4.69, 9.17) is 16.0 Å². The van der Waals surface area contributed by atoms with Crippen LogP contribution in [0.1, 0.15) is 54.8 Å². The molecular weight excluding hydrogens is 272 g/mol. The first-order valence-electron chi connectivity index (χ1n) is 7.34. The Morgan fingerprint density at radius 2 is 1.90 bits per heavy atom. The third kappa shape index (κ3) is 3.21. The second kappa shape index (κ2) is 6.40. The highest BCUT2D eigenvalue weighted by Gasteiger charge is 2.19. The van der Waals surface area contributed by atoms with Gasteiger partial charge in [0.1, 0.15) is 5.38 Å². The van der Waals surface area contributed by atoms with Crippen molar-refractivity contribution >= 4 is 11.6 Å². The van der Waals surface area contributed by atoms with E-state index >= 15 is 0 Å². The van der Waals surface area contributed by atoms with Crippen LogP contribution in [0.15, 0.2) is 34.7 Å². The molecule has 4 heteroatoms. The predicted octanol–water partition coefficient (Wildman–Crippen LogP) is 4.52. The molecule has 1 heterocycles. The van der Waals surface area contributed by atoms with Crippen molar-refractivity contribution in [3.05, 3.63) is 47.7 Å². The van der Waals surface area contributed by atoms with Crippen molar-refractivity contribution in [2.45, 2.75) is 43.9 Å². The molecule has 0 amide bonds. The van der Waals surface area contributed by atoms with E-state index in [1.54, 1.807) is 0 Å². The van der Waals surface area contributed by atoms with Gasteiger partial charge in [-0.15, -0.1) is 21.8 Å². The standard InChI is InChI=1S/C16H19ClN2O/c17-15(13-8-2-1-3-9-13)16-19-18-14(20-16)11-10-12-6-4-5-7-12/h1-3,8-9,12,15H,4-7,10-11H2. The first kappa shape index (κ1) is 13.6. The third-order valence-electron chi connectivity index (χ3n) is 4.03. The average molecular weight is 291 g/mol. The van der Waals surface area contributed by atoms with E-state index in [2.05, 4.69) is 10.2 Å². The first-order valence-corrected chi connectivity index (χ1v) is 7.78. The summed E-state index contributed by atoms with van der Waals surface area (Å²) < 4.78 is 5.71. The molecular formula is C16H19ClN2O.